The molecule has 0 aromatic carbocycles. The Morgan fingerprint density at radius 3 is 2.37 bits per heavy atom. The van der Waals surface area contributed by atoms with Crippen molar-refractivity contribution in [2.75, 3.05) is 6.54 Å². The highest BCUT2D eigenvalue weighted by atomic mass is 16.4. The van der Waals surface area contributed by atoms with Crippen molar-refractivity contribution in [3.05, 3.63) is 0 Å². The second-order valence-corrected chi connectivity index (χ2v) is 5.93. The van der Waals surface area contributed by atoms with E-state index in [4.69, 9.17) is 5.11 Å². The van der Waals surface area contributed by atoms with Crippen LogP contribution in [0.4, 0.5) is 4.79 Å². The lowest BCUT2D eigenvalue weighted by molar-refractivity contribution is -0.137. The van der Waals surface area contributed by atoms with E-state index in [0.29, 0.717) is 19.0 Å². The summed E-state index contributed by atoms with van der Waals surface area (Å²) in [6.45, 7) is 6.43. The van der Waals surface area contributed by atoms with E-state index in [0.717, 1.165) is 12.8 Å². The maximum Gasteiger partial charge on any atom is 0.318 e. The fourth-order valence-corrected chi connectivity index (χ4v) is 2.63. The van der Waals surface area contributed by atoms with E-state index in [1.165, 1.54) is 12.8 Å². The molecule has 0 aromatic rings. The van der Waals surface area contributed by atoms with Gasteiger partial charge < -0.3 is 15.3 Å². The summed E-state index contributed by atoms with van der Waals surface area (Å²) >= 11 is 0. The van der Waals surface area contributed by atoms with E-state index in [1.807, 2.05) is 25.7 Å². The molecule has 0 atom stereocenters. The van der Waals surface area contributed by atoms with Crippen LogP contribution in [-0.4, -0.2) is 40.1 Å². The highest BCUT2D eigenvalue weighted by Crippen LogP contribution is 2.24. The van der Waals surface area contributed by atoms with Crippen molar-refractivity contribution in [2.45, 2.75) is 70.9 Å². The predicted molar refractivity (Wildman–Crippen MR) is 74.1 cm³/mol. The van der Waals surface area contributed by atoms with Crippen molar-refractivity contribution < 1.29 is 14.7 Å². The van der Waals surface area contributed by atoms with E-state index < -0.39 is 11.5 Å². The average molecular weight is 270 g/mol. The van der Waals surface area contributed by atoms with Crippen molar-refractivity contribution in [3.63, 3.8) is 0 Å². The van der Waals surface area contributed by atoms with Crippen LogP contribution in [0.2, 0.25) is 0 Å². The molecule has 0 heterocycles. The number of hydrogen-bond donors (Lipinski definition) is 2. The normalized spacial score (nSPS) is 16.4. The molecule has 2 amide bonds. The molecule has 0 saturated heterocycles. The van der Waals surface area contributed by atoms with Crippen molar-refractivity contribution >= 4 is 12.0 Å². The van der Waals surface area contributed by atoms with Crippen molar-refractivity contribution in [1.82, 2.24) is 10.2 Å². The summed E-state index contributed by atoms with van der Waals surface area (Å²) in [5.41, 5.74) is -0.485. The molecule has 0 aliphatic heterocycles. The van der Waals surface area contributed by atoms with Gasteiger partial charge in [0, 0.05) is 24.5 Å². The standard InChI is InChI=1S/C14H26N2O3/c1-4-16(11-7-5-6-8-11)13(19)15-14(2,3)10-9-12(17)18/h11H,4-10H2,1-3H3,(H,15,19)(H,17,18). The first kappa shape index (κ1) is 15.8. The van der Waals surface area contributed by atoms with Crippen LogP contribution < -0.4 is 5.32 Å². The summed E-state index contributed by atoms with van der Waals surface area (Å²) in [5.74, 6) is -0.828. The van der Waals surface area contributed by atoms with Crippen LogP contribution in [0.5, 0.6) is 0 Å². The molecule has 0 unspecified atom stereocenters. The SMILES string of the molecule is CCN(C(=O)NC(C)(C)CCC(=O)O)C1CCCC1. The number of nitrogens with zero attached hydrogens (tertiary/aromatic N) is 1. The van der Waals surface area contributed by atoms with Crippen molar-refractivity contribution in [2.24, 2.45) is 0 Å². The Kier molecular flexibility index (Phi) is 5.63. The molecule has 0 radical (unpaired) electrons. The molecule has 1 aliphatic rings. The van der Waals surface area contributed by atoms with Crippen LogP contribution >= 0.6 is 0 Å². The molecule has 5 heteroatoms. The third-order valence-electron chi connectivity index (χ3n) is 3.78. The molecule has 1 rings (SSSR count). The summed E-state index contributed by atoms with van der Waals surface area (Å²) < 4.78 is 0. The monoisotopic (exact) mass is 270 g/mol. The molecule has 0 aromatic heterocycles. The molecule has 19 heavy (non-hydrogen) atoms. The summed E-state index contributed by atoms with van der Waals surface area (Å²) in [4.78, 5) is 24.8. The van der Waals surface area contributed by atoms with Gasteiger partial charge in [0.05, 0.1) is 0 Å². The number of carboxylic acid groups (broad SMARTS) is 1. The first-order valence-corrected chi connectivity index (χ1v) is 7.16. The summed E-state index contributed by atoms with van der Waals surface area (Å²) in [5, 5.41) is 11.7. The average Bonchev–Trinajstić information content (AvgIpc) is 2.80. The third kappa shape index (κ3) is 5.09. The first-order valence-electron chi connectivity index (χ1n) is 7.16. The van der Waals surface area contributed by atoms with Gasteiger partial charge in [-0.05, 0) is 40.0 Å². The maximum atomic E-state index is 12.3. The van der Waals surface area contributed by atoms with Crippen LogP contribution in [0.15, 0.2) is 0 Å². The lowest BCUT2D eigenvalue weighted by atomic mass is 9.98. The van der Waals surface area contributed by atoms with E-state index in [1.54, 1.807) is 0 Å². The van der Waals surface area contributed by atoms with Gasteiger partial charge in [0.2, 0.25) is 0 Å². The highest BCUT2D eigenvalue weighted by Gasteiger charge is 2.29. The van der Waals surface area contributed by atoms with E-state index in [-0.39, 0.29) is 12.5 Å². The second-order valence-electron chi connectivity index (χ2n) is 5.93. The molecular weight excluding hydrogens is 244 g/mol. The van der Waals surface area contributed by atoms with Crippen molar-refractivity contribution in [1.29, 1.82) is 0 Å². The zero-order chi connectivity index (χ0) is 14.5. The second kappa shape index (κ2) is 6.78. The van der Waals surface area contributed by atoms with Crippen LogP contribution in [0, 0.1) is 0 Å². The number of amides is 2. The fraction of sp³-hybridized carbons (Fsp3) is 0.857. The van der Waals surface area contributed by atoms with Gasteiger partial charge in [-0.25, -0.2) is 4.79 Å². The molecule has 2 N–H and O–H groups in total. The van der Waals surface area contributed by atoms with Crippen LogP contribution in [0.3, 0.4) is 0 Å². The predicted octanol–water partition coefficient (Wildman–Crippen LogP) is 2.60. The van der Waals surface area contributed by atoms with Crippen LogP contribution in [0.25, 0.3) is 0 Å². The Balaban J connectivity index is 2.52. The molecule has 1 saturated carbocycles. The topological polar surface area (TPSA) is 69.6 Å². The lowest BCUT2D eigenvalue weighted by Gasteiger charge is -2.33. The highest BCUT2D eigenvalue weighted by molar-refractivity contribution is 5.75. The zero-order valence-electron chi connectivity index (χ0n) is 12.2. The van der Waals surface area contributed by atoms with Gasteiger partial charge in [0.1, 0.15) is 0 Å². The zero-order valence-corrected chi connectivity index (χ0v) is 12.2. The summed E-state index contributed by atoms with van der Waals surface area (Å²) in [6.07, 6.45) is 5.06. The van der Waals surface area contributed by atoms with Gasteiger partial charge in [0.15, 0.2) is 0 Å². The number of carbonyl (C=O) groups excluding carboxylic acids is 1. The Bertz CT molecular complexity index is 323. The summed E-state index contributed by atoms with van der Waals surface area (Å²) in [7, 11) is 0. The largest absolute Gasteiger partial charge is 0.481 e. The van der Waals surface area contributed by atoms with Crippen molar-refractivity contribution in [3.8, 4) is 0 Å². The van der Waals surface area contributed by atoms with Gasteiger partial charge >= 0.3 is 12.0 Å². The molecule has 5 nitrogen and oxygen atoms in total. The number of nitrogens with one attached hydrogen (secondary N) is 1. The van der Waals surface area contributed by atoms with Gasteiger partial charge in [-0.3, -0.25) is 4.79 Å². The minimum Gasteiger partial charge on any atom is -0.481 e. The number of aliphatic carboxylic acids is 1. The van der Waals surface area contributed by atoms with Crippen LogP contribution in [-0.2, 0) is 4.79 Å². The number of rotatable bonds is 6. The van der Waals surface area contributed by atoms with E-state index in [2.05, 4.69) is 5.32 Å². The van der Waals surface area contributed by atoms with E-state index >= 15 is 0 Å². The first-order chi connectivity index (χ1) is 8.85. The number of urea groups is 1. The smallest absolute Gasteiger partial charge is 0.318 e. The van der Waals surface area contributed by atoms with Gasteiger partial charge in [-0.15, -0.1) is 0 Å². The molecule has 0 bridgehead atoms. The Morgan fingerprint density at radius 1 is 1.32 bits per heavy atom. The van der Waals surface area contributed by atoms with Gasteiger partial charge in [-0.2, -0.15) is 0 Å². The minimum absolute atomic E-state index is 0.0650. The van der Waals surface area contributed by atoms with E-state index in [9.17, 15) is 9.59 Å². The Labute approximate surface area is 115 Å². The molecule has 1 fully saturated rings. The third-order valence-corrected chi connectivity index (χ3v) is 3.78. The van der Waals surface area contributed by atoms with Gasteiger partial charge in [-0.1, -0.05) is 12.8 Å². The molecule has 0 spiro atoms. The minimum atomic E-state index is -0.828. The summed E-state index contributed by atoms with van der Waals surface area (Å²) in [6, 6.07) is 0.282. The fourth-order valence-electron chi connectivity index (χ4n) is 2.63. The molecular formula is C14H26N2O3. The quantitative estimate of drug-likeness (QED) is 0.779. The maximum absolute atomic E-state index is 12.3. The molecule has 110 valence electrons. The lowest BCUT2D eigenvalue weighted by Crippen LogP contribution is -2.52. The molecule has 1 aliphatic carbocycles. The Hall–Kier alpha value is -1.26. The number of carbonyl (C=O) groups is 2. The van der Waals surface area contributed by atoms with Gasteiger partial charge in [0.25, 0.3) is 0 Å². The van der Waals surface area contributed by atoms with Crippen LogP contribution in [0.1, 0.15) is 59.3 Å². The number of hydrogen-bond acceptors (Lipinski definition) is 2. The number of carboxylic acids is 1. The Morgan fingerprint density at radius 2 is 1.89 bits per heavy atom.